The molecule has 2 aromatic rings. The monoisotopic (exact) mass is 322 g/mol. The summed E-state index contributed by atoms with van der Waals surface area (Å²) in [5, 5.41) is 7.89. The van der Waals surface area contributed by atoms with Gasteiger partial charge in [-0.1, -0.05) is 74.5 Å². The van der Waals surface area contributed by atoms with E-state index >= 15 is 0 Å². The van der Waals surface area contributed by atoms with E-state index in [1.807, 2.05) is 74.5 Å². The number of hydrogen-bond donors (Lipinski definition) is 2. The molecule has 0 aliphatic heterocycles. The predicted octanol–water partition coefficient (Wildman–Crippen LogP) is 3.86. The first-order chi connectivity index (χ1) is 11.7. The van der Waals surface area contributed by atoms with Gasteiger partial charge in [-0.3, -0.25) is 0 Å². The minimum Gasteiger partial charge on any atom is -0.245 e. The Kier molecular flexibility index (Phi) is 6.71. The summed E-state index contributed by atoms with van der Waals surface area (Å²) in [6.45, 7) is 4.02. The number of hydrogen-bond acceptors (Lipinski definition) is 3. The van der Waals surface area contributed by atoms with Crippen molar-refractivity contribution in [2.24, 2.45) is 10.2 Å². The predicted molar refractivity (Wildman–Crippen MR) is 98.4 cm³/mol. The molecule has 0 saturated heterocycles. The summed E-state index contributed by atoms with van der Waals surface area (Å²) in [6.07, 6.45) is 3.37. The Hall–Kier alpha value is -2.95. The van der Waals surface area contributed by atoms with E-state index in [1.54, 1.807) is 12.4 Å². The van der Waals surface area contributed by atoms with E-state index in [2.05, 4.69) is 21.1 Å². The maximum atomic E-state index is 11.6. The zero-order chi connectivity index (χ0) is 17.2. The van der Waals surface area contributed by atoms with Gasteiger partial charge in [0.05, 0.1) is 0 Å². The van der Waals surface area contributed by atoms with Crippen molar-refractivity contribution < 1.29 is 4.79 Å². The highest BCUT2D eigenvalue weighted by atomic mass is 16.2. The molecule has 0 aliphatic carbocycles. The molecule has 2 aromatic carbocycles. The van der Waals surface area contributed by atoms with Crippen LogP contribution in [0.3, 0.4) is 0 Å². The van der Waals surface area contributed by atoms with Crippen LogP contribution in [0, 0.1) is 0 Å². The molecule has 124 valence electrons. The molecule has 0 fully saturated rings. The molecule has 24 heavy (non-hydrogen) atoms. The fourth-order valence-corrected chi connectivity index (χ4v) is 2.13. The third-order valence-electron chi connectivity index (χ3n) is 3.58. The van der Waals surface area contributed by atoms with Crippen molar-refractivity contribution in [3.8, 4) is 0 Å². The molecule has 2 rings (SSSR count). The fraction of sp³-hybridized carbons (Fsp3) is 0.211. The highest BCUT2D eigenvalue weighted by molar-refractivity contribution is 5.77. The average Bonchev–Trinajstić information content (AvgIpc) is 2.63. The quantitative estimate of drug-likeness (QED) is 0.615. The van der Waals surface area contributed by atoms with Crippen molar-refractivity contribution in [3.63, 3.8) is 0 Å². The first kappa shape index (κ1) is 17.4. The van der Waals surface area contributed by atoms with Crippen LogP contribution in [0.5, 0.6) is 0 Å². The van der Waals surface area contributed by atoms with E-state index in [0.717, 1.165) is 11.1 Å². The van der Waals surface area contributed by atoms with E-state index in [0.29, 0.717) is 0 Å². The van der Waals surface area contributed by atoms with Gasteiger partial charge in [0.1, 0.15) is 0 Å². The summed E-state index contributed by atoms with van der Waals surface area (Å²) in [6, 6.07) is 19.4. The standard InChI is InChI=1S/C19H22N4O/c1-15(17-9-5-3-6-10-17)13-20-22-19(24)23-21-14-16(2)18-11-7-4-8-12-18/h3-16H,1-2H3,(H2,22,23,24)/b20-13-,21-14+/t15-,16-/m0/s1. The normalized spacial score (nSPS) is 13.8. The number of nitrogens with one attached hydrogen (secondary N) is 2. The number of amides is 2. The Balaban J connectivity index is 1.75. The van der Waals surface area contributed by atoms with Gasteiger partial charge in [-0.15, -0.1) is 0 Å². The smallest absolute Gasteiger partial charge is 0.245 e. The number of urea groups is 1. The topological polar surface area (TPSA) is 65.8 Å². The van der Waals surface area contributed by atoms with Gasteiger partial charge in [-0.05, 0) is 11.1 Å². The van der Waals surface area contributed by atoms with Crippen molar-refractivity contribution in [1.82, 2.24) is 10.9 Å². The first-order valence-electron chi connectivity index (χ1n) is 7.89. The number of nitrogens with zero attached hydrogens (tertiary/aromatic N) is 2. The van der Waals surface area contributed by atoms with Crippen LogP contribution < -0.4 is 10.9 Å². The van der Waals surface area contributed by atoms with E-state index in [4.69, 9.17) is 0 Å². The van der Waals surface area contributed by atoms with Crippen LogP contribution in [0.15, 0.2) is 70.9 Å². The van der Waals surface area contributed by atoms with Gasteiger partial charge in [0.2, 0.25) is 0 Å². The number of carbonyl (C=O) groups is 1. The van der Waals surface area contributed by atoms with Crippen LogP contribution in [0.1, 0.15) is 36.8 Å². The van der Waals surface area contributed by atoms with Crippen LogP contribution in [0.2, 0.25) is 0 Å². The summed E-state index contributed by atoms with van der Waals surface area (Å²) >= 11 is 0. The van der Waals surface area contributed by atoms with Gasteiger partial charge in [0.15, 0.2) is 0 Å². The van der Waals surface area contributed by atoms with Crippen LogP contribution >= 0.6 is 0 Å². The van der Waals surface area contributed by atoms with Crippen LogP contribution in [0.4, 0.5) is 4.79 Å². The summed E-state index contributed by atoms with van der Waals surface area (Å²) in [5.41, 5.74) is 7.08. The molecule has 2 amide bonds. The molecule has 0 unspecified atom stereocenters. The second-order valence-electron chi connectivity index (χ2n) is 5.51. The SMILES string of the molecule is C[C@@H](/C=N\NC(=O)N/N=C/[C@H](C)c1ccccc1)c1ccccc1. The number of carbonyl (C=O) groups excluding carboxylic acids is 1. The minimum atomic E-state index is -0.469. The zero-order valence-corrected chi connectivity index (χ0v) is 13.9. The molecular weight excluding hydrogens is 300 g/mol. The maximum Gasteiger partial charge on any atom is 0.355 e. The van der Waals surface area contributed by atoms with Gasteiger partial charge >= 0.3 is 6.03 Å². The Morgan fingerprint density at radius 2 is 1.17 bits per heavy atom. The van der Waals surface area contributed by atoms with Crippen LogP contribution in [0.25, 0.3) is 0 Å². The summed E-state index contributed by atoms with van der Waals surface area (Å²) in [5.74, 6) is 0.237. The second kappa shape index (κ2) is 9.25. The lowest BCUT2D eigenvalue weighted by molar-refractivity contribution is 0.242. The van der Waals surface area contributed by atoms with E-state index < -0.39 is 6.03 Å². The molecule has 0 aliphatic rings. The van der Waals surface area contributed by atoms with Crippen LogP contribution in [-0.4, -0.2) is 18.5 Å². The number of rotatable bonds is 6. The van der Waals surface area contributed by atoms with Gasteiger partial charge in [0, 0.05) is 24.3 Å². The molecule has 0 bridgehead atoms. The van der Waals surface area contributed by atoms with Crippen molar-refractivity contribution in [2.75, 3.05) is 0 Å². The first-order valence-corrected chi connectivity index (χ1v) is 7.89. The summed E-state index contributed by atoms with van der Waals surface area (Å²) in [7, 11) is 0. The van der Waals surface area contributed by atoms with E-state index in [1.165, 1.54) is 0 Å². The van der Waals surface area contributed by atoms with Gasteiger partial charge < -0.3 is 0 Å². The molecule has 0 radical (unpaired) electrons. The molecule has 0 spiro atoms. The third-order valence-corrected chi connectivity index (χ3v) is 3.58. The molecule has 5 heteroatoms. The minimum absolute atomic E-state index is 0.119. The maximum absolute atomic E-state index is 11.6. The second-order valence-corrected chi connectivity index (χ2v) is 5.51. The lowest BCUT2D eigenvalue weighted by Crippen LogP contribution is -2.28. The highest BCUT2D eigenvalue weighted by Crippen LogP contribution is 2.12. The number of hydrazone groups is 2. The summed E-state index contributed by atoms with van der Waals surface area (Å²) in [4.78, 5) is 11.6. The Morgan fingerprint density at radius 3 is 1.54 bits per heavy atom. The molecule has 0 heterocycles. The third kappa shape index (κ3) is 5.68. The van der Waals surface area contributed by atoms with Crippen molar-refractivity contribution in [2.45, 2.75) is 25.7 Å². The molecule has 2 atom stereocenters. The van der Waals surface area contributed by atoms with Crippen molar-refractivity contribution >= 4 is 18.5 Å². The van der Waals surface area contributed by atoms with Gasteiger partial charge in [-0.25, -0.2) is 15.6 Å². The van der Waals surface area contributed by atoms with Crippen molar-refractivity contribution in [3.05, 3.63) is 71.8 Å². The zero-order valence-electron chi connectivity index (χ0n) is 13.9. The van der Waals surface area contributed by atoms with Crippen molar-refractivity contribution in [1.29, 1.82) is 0 Å². The molecule has 5 nitrogen and oxygen atoms in total. The summed E-state index contributed by atoms with van der Waals surface area (Å²) < 4.78 is 0. The highest BCUT2D eigenvalue weighted by Gasteiger charge is 2.02. The molecule has 2 N–H and O–H groups in total. The Morgan fingerprint density at radius 1 is 0.792 bits per heavy atom. The van der Waals surface area contributed by atoms with E-state index in [-0.39, 0.29) is 11.8 Å². The average molecular weight is 322 g/mol. The van der Waals surface area contributed by atoms with Crippen LogP contribution in [-0.2, 0) is 0 Å². The molecule has 0 saturated carbocycles. The molecular formula is C19H22N4O. The lowest BCUT2D eigenvalue weighted by Gasteiger charge is -2.06. The fourth-order valence-electron chi connectivity index (χ4n) is 2.13. The number of benzene rings is 2. The Bertz CT molecular complexity index is 624. The van der Waals surface area contributed by atoms with Gasteiger partial charge in [0.25, 0.3) is 0 Å². The lowest BCUT2D eigenvalue weighted by atomic mass is 10.0. The Labute approximate surface area is 142 Å². The largest absolute Gasteiger partial charge is 0.355 e. The van der Waals surface area contributed by atoms with E-state index in [9.17, 15) is 4.79 Å². The van der Waals surface area contributed by atoms with Gasteiger partial charge in [-0.2, -0.15) is 10.2 Å². The molecule has 0 aromatic heterocycles.